The highest BCUT2D eigenvalue weighted by Gasteiger charge is 2.21. The Morgan fingerprint density at radius 3 is 2.35 bits per heavy atom. The molecule has 1 aromatic carbocycles. The molecule has 1 amide bonds. The number of nitrogens with one attached hydrogen (secondary N) is 2. The first kappa shape index (κ1) is 27.5. The highest BCUT2D eigenvalue weighted by Crippen LogP contribution is 2.15. The predicted molar refractivity (Wildman–Crippen MR) is 142 cm³/mol. The molecule has 31 heavy (non-hydrogen) atoms. The molecule has 1 heterocycles. The molecular formula is C23H41IN6O. The van der Waals surface area contributed by atoms with Crippen molar-refractivity contribution in [2.24, 2.45) is 4.99 Å². The van der Waals surface area contributed by atoms with Gasteiger partial charge in [0.05, 0.1) is 6.54 Å². The fourth-order valence-corrected chi connectivity index (χ4v) is 3.79. The summed E-state index contributed by atoms with van der Waals surface area (Å²) < 4.78 is 0. The van der Waals surface area contributed by atoms with E-state index in [2.05, 4.69) is 70.5 Å². The Morgan fingerprint density at radius 2 is 1.77 bits per heavy atom. The Kier molecular flexibility index (Phi) is 13.6. The van der Waals surface area contributed by atoms with Crippen LogP contribution in [0.4, 0.5) is 5.69 Å². The van der Waals surface area contributed by atoms with Crippen molar-refractivity contribution in [3.63, 3.8) is 0 Å². The predicted octanol–water partition coefficient (Wildman–Crippen LogP) is 2.63. The molecule has 0 radical (unpaired) electrons. The van der Waals surface area contributed by atoms with Gasteiger partial charge in [-0.25, -0.2) is 0 Å². The van der Waals surface area contributed by atoms with Crippen LogP contribution in [-0.2, 0) is 4.79 Å². The number of carbonyl (C=O) groups excluding carboxylic acids is 1. The number of carbonyl (C=O) groups is 1. The Bertz CT molecular complexity index is 645. The van der Waals surface area contributed by atoms with Crippen LogP contribution in [0.3, 0.4) is 0 Å². The van der Waals surface area contributed by atoms with Gasteiger partial charge in [0.1, 0.15) is 0 Å². The Balaban J connectivity index is 0.00000480. The second kappa shape index (κ2) is 15.3. The average molecular weight is 545 g/mol. The zero-order valence-electron chi connectivity index (χ0n) is 19.6. The van der Waals surface area contributed by atoms with Crippen LogP contribution < -0.4 is 15.5 Å². The van der Waals surface area contributed by atoms with Gasteiger partial charge in [0.25, 0.3) is 0 Å². The van der Waals surface area contributed by atoms with Gasteiger partial charge >= 0.3 is 0 Å². The summed E-state index contributed by atoms with van der Waals surface area (Å²) in [6, 6.07) is 10.7. The van der Waals surface area contributed by atoms with Gasteiger partial charge in [-0.2, -0.15) is 0 Å². The van der Waals surface area contributed by atoms with Gasteiger partial charge in [0.2, 0.25) is 5.91 Å². The molecule has 1 fully saturated rings. The number of aliphatic imine (C=N–C) groups is 1. The van der Waals surface area contributed by atoms with Gasteiger partial charge < -0.3 is 25.3 Å². The molecule has 1 aliphatic heterocycles. The normalized spacial score (nSPS) is 15.5. The first-order valence-electron chi connectivity index (χ1n) is 11.3. The van der Waals surface area contributed by atoms with E-state index in [-0.39, 0.29) is 36.4 Å². The molecule has 0 aliphatic carbocycles. The Labute approximate surface area is 205 Å². The van der Waals surface area contributed by atoms with Crippen molar-refractivity contribution >= 4 is 41.5 Å². The number of para-hydroxylation sites is 1. The van der Waals surface area contributed by atoms with Crippen molar-refractivity contribution in [1.82, 2.24) is 20.4 Å². The summed E-state index contributed by atoms with van der Waals surface area (Å²) in [7, 11) is 1.75. The van der Waals surface area contributed by atoms with Crippen LogP contribution in [0.5, 0.6) is 0 Å². The number of rotatable bonds is 10. The molecule has 2 rings (SSSR count). The van der Waals surface area contributed by atoms with Gasteiger partial charge in [0.15, 0.2) is 5.96 Å². The van der Waals surface area contributed by atoms with E-state index in [0.29, 0.717) is 12.0 Å². The highest BCUT2D eigenvalue weighted by atomic mass is 127. The van der Waals surface area contributed by atoms with Crippen LogP contribution in [0.15, 0.2) is 35.3 Å². The number of nitrogens with zero attached hydrogens (tertiary/aromatic N) is 4. The molecule has 0 saturated carbocycles. The van der Waals surface area contributed by atoms with Gasteiger partial charge in [-0.15, -0.1) is 24.0 Å². The SMILES string of the molecule is CCN(CC)CCCC(C)NC(=NC)NCC(=O)N1CCN(c2ccccc2)CC1.I. The summed E-state index contributed by atoms with van der Waals surface area (Å²) in [4.78, 5) is 23.6. The van der Waals surface area contributed by atoms with Gasteiger partial charge in [-0.05, 0) is 51.5 Å². The van der Waals surface area contributed by atoms with Crippen molar-refractivity contribution in [1.29, 1.82) is 0 Å². The lowest BCUT2D eigenvalue weighted by Gasteiger charge is -2.36. The first-order chi connectivity index (χ1) is 14.6. The third kappa shape index (κ3) is 9.64. The molecule has 7 nitrogen and oxygen atoms in total. The van der Waals surface area contributed by atoms with E-state index < -0.39 is 0 Å². The van der Waals surface area contributed by atoms with E-state index >= 15 is 0 Å². The Morgan fingerprint density at radius 1 is 1.13 bits per heavy atom. The molecule has 176 valence electrons. The minimum absolute atomic E-state index is 0. The smallest absolute Gasteiger partial charge is 0.242 e. The maximum atomic E-state index is 12.6. The number of halogens is 1. The summed E-state index contributed by atoms with van der Waals surface area (Å²) in [5, 5.41) is 6.59. The summed E-state index contributed by atoms with van der Waals surface area (Å²) in [5.74, 6) is 0.821. The van der Waals surface area contributed by atoms with Crippen LogP contribution in [0.2, 0.25) is 0 Å². The number of amides is 1. The van der Waals surface area contributed by atoms with Crippen LogP contribution >= 0.6 is 24.0 Å². The third-order valence-electron chi connectivity index (χ3n) is 5.77. The molecule has 8 heteroatoms. The van der Waals surface area contributed by atoms with Gasteiger partial charge in [-0.3, -0.25) is 9.79 Å². The largest absolute Gasteiger partial charge is 0.368 e. The van der Waals surface area contributed by atoms with Crippen molar-refractivity contribution in [2.75, 3.05) is 64.3 Å². The second-order valence-electron chi connectivity index (χ2n) is 7.84. The monoisotopic (exact) mass is 544 g/mol. The fraction of sp³-hybridized carbons (Fsp3) is 0.652. The number of hydrogen-bond donors (Lipinski definition) is 2. The van der Waals surface area contributed by atoms with E-state index in [0.717, 1.165) is 58.7 Å². The maximum Gasteiger partial charge on any atom is 0.242 e. The lowest BCUT2D eigenvalue weighted by atomic mass is 10.2. The van der Waals surface area contributed by atoms with E-state index in [9.17, 15) is 4.79 Å². The number of benzene rings is 1. The quantitative estimate of drug-likeness (QED) is 0.270. The fourth-order valence-electron chi connectivity index (χ4n) is 3.79. The van der Waals surface area contributed by atoms with E-state index in [1.165, 1.54) is 5.69 Å². The zero-order valence-corrected chi connectivity index (χ0v) is 22.0. The standard InChI is InChI=1S/C23H40N6O.HI/c1-5-27(6-2)14-10-11-20(3)26-23(24-4)25-19-22(30)29-17-15-28(16-18-29)21-12-8-7-9-13-21;/h7-9,12-13,20H,5-6,10-11,14-19H2,1-4H3,(H2,24,25,26);1H. The lowest BCUT2D eigenvalue weighted by Crippen LogP contribution is -2.52. The van der Waals surface area contributed by atoms with E-state index in [1.807, 2.05) is 11.0 Å². The maximum absolute atomic E-state index is 12.6. The number of anilines is 1. The van der Waals surface area contributed by atoms with Crippen molar-refractivity contribution in [3.05, 3.63) is 30.3 Å². The molecule has 1 atom stereocenters. The van der Waals surface area contributed by atoms with Crippen molar-refractivity contribution < 1.29 is 4.79 Å². The summed E-state index contributed by atoms with van der Waals surface area (Å²) in [5.41, 5.74) is 1.22. The third-order valence-corrected chi connectivity index (χ3v) is 5.77. The van der Waals surface area contributed by atoms with E-state index in [1.54, 1.807) is 7.05 Å². The lowest BCUT2D eigenvalue weighted by molar-refractivity contribution is -0.130. The van der Waals surface area contributed by atoms with Crippen molar-refractivity contribution in [2.45, 2.75) is 39.7 Å². The van der Waals surface area contributed by atoms with Crippen LogP contribution in [-0.4, -0.2) is 87.1 Å². The molecular weight excluding hydrogens is 503 g/mol. The topological polar surface area (TPSA) is 63.2 Å². The van der Waals surface area contributed by atoms with Crippen LogP contribution in [0.1, 0.15) is 33.6 Å². The number of hydrogen-bond acceptors (Lipinski definition) is 4. The van der Waals surface area contributed by atoms with Gasteiger partial charge in [0, 0.05) is 45.0 Å². The summed E-state index contributed by atoms with van der Waals surface area (Å²) in [6.45, 7) is 13.4. The van der Waals surface area contributed by atoms with Gasteiger partial charge in [-0.1, -0.05) is 32.0 Å². The number of piperazine rings is 1. The van der Waals surface area contributed by atoms with Crippen LogP contribution in [0.25, 0.3) is 0 Å². The Hall–Kier alpha value is -1.55. The summed E-state index contributed by atoms with van der Waals surface area (Å²) >= 11 is 0. The first-order valence-corrected chi connectivity index (χ1v) is 11.3. The zero-order chi connectivity index (χ0) is 21.8. The molecule has 2 N–H and O–H groups in total. The molecule has 0 spiro atoms. The number of guanidine groups is 1. The molecule has 1 aromatic rings. The molecule has 0 aromatic heterocycles. The minimum atomic E-state index is 0. The molecule has 0 bridgehead atoms. The molecule has 1 unspecified atom stereocenters. The average Bonchev–Trinajstić information content (AvgIpc) is 2.80. The van der Waals surface area contributed by atoms with Crippen LogP contribution in [0, 0.1) is 0 Å². The second-order valence-corrected chi connectivity index (χ2v) is 7.84. The molecule has 1 aliphatic rings. The molecule has 1 saturated heterocycles. The van der Waals surface area contributed by atoms with Crippen molar-refractivity contribution in [3.8, 4) is 0 Å². The highest BCUT2D eigenvalue weighted by molar-refractivity contribution is 14.0. The minimum Gasteiger partial charge on any atom is -0.368 e. The summed E-state index contributed by atoms with van der Waals surface area (Å²) in [6.07, 6.45) is 2.23. The van der Waals surface area contributed by atoms with E-state index in [4.69, 9.17) is 0 Å².